The van der Waals surface area contributed by atoms with Crippen molar-refractivity contribution in [3.8, 4) is 0 Å². The number of unbranched alkanes of at least 4 members (excludes halogenated alkanes) is 24. The van der Waals surface area contributed by atoms with Crippen molar-refractivity contribution in [1.82, 2.24) is 9.80 Å². The predicted molar refractivity (Wildman–Crippen MR) is 208 cm³/mol. The molecular formula is C40H82N2S2. The molecule has 0 aliphatic carbocycles. The lowest BCUT2D eigenvalue weighted by atomic mass is 10.1. The minimum absolute atomic E-state index is 1.31. The van der Waals surface area contributed by atoms with Gasteiger partial charge >= 0.3 is 0 Å². The number of thioether (sulfide) groups is 2. The van der Waals surface area contributed by atoms with Crippen LogP contribution in [0.15, 0.2) is 0 Å². The second kappa shape index (κ2) is 36.5. The summed E-state index contributed by atoms with van der Waals surface area (Å²) < 4.78 is 0. The molecule has 1 rings (SSSR count). The fraction of sp³-hybridized carbons (Fsp3) is 1.00. The summed E-state index contributed by atoms with van der Waals surface area (Å²) in [5, 5.41) is 0. The molecule has 0 aromatic heterocycles. The van der Waals surface area contributed by atoms with Crippen molar-refractivity contribution in [2.24, 2.45) is 0 Å². The van der Waals surface area contributed by atoms with Crippen LogP contribution in [0.1, 0.15) is 194 Å². The third-order valence-electron chi connectivity index (χ3n) is 9.78. The van der Waals surface area contributed by atoms with E-state index in [0.29, 0.717) is 0 Å². The molecule has 264 valence electrons. The molecule has 2 nitrogen and oxygen atoms in total. The minimum atomic E-state index is 1.31. The number of rotatable bonds is 36. The zero-order chi connectivity index (χ0) is 31.4. The average Bonchev–Trinajstić information content (AvgIpc) is 3.04. The molecule has 0 unspecified atom stereocenters. The lowest BCUT2D eigenvalue weighted by Gasteiger charge is -2.34. The maximum Gasteiger partial charge on any atom is 0.0110 e. The fourth-order valence-electron chi connectivity index (χ4n) is 6.61. The van der Waals surface area contributed by atoms with Crippen LogP contribution in [0.5, 0.6) is 0 Å². The smallest absolute Gasteiger partial charge is 0.0110 e. The van der Waals surface area contributed by atoms with Crippen molar-refractivity contribution >= 4 is 23.5 Å². The summed E-state index contributed by atoms with van der Waals surface area (Å²) in [5.41, 5.74) is 0. The highest BCUT2D eigenvalue weighted by Crippen LogP contribution is 2.16. The normalized spacial score (nSPS) is 14.6. The molecule has 0 bridgehead atoms. The second-order valence-corrected chi connectivity index (χ2v) is 16.5. The first-order valence-electron chi connectivity index (χ1n) is 20.5. The van der Waals surface area contributed by atoms with E-state index in [1.807, 2.05) is 0 Å². The van der Waals surface area contributed by atoms with E-state index in [1.54, 1.807) is 0 Å². The topological polar surface area (TPSA) is 6.48 Å². The van der Waals surface area contributed by atoms with Crippen molar-refractivity contribution in [1.29, 1.82) is 0 Å². The zero-order valence-corrected chi connectivity index (χ0v) is 32.2. The van der Waals surface area contributed by atoms with E-state index in [9.17, 15) is 0 Å². The quantitative estimate of drug-likeness (QED) is 0.0620. The molecule has 0 aromatic rings. The lowest BCUT2D eigenvalue weighted by molar-refractivity contribution is 0.129. The van der Waals surface area contributed by atoms with Gasteiger partial charge < -0.3 is 9.80 Å². The number of hydrogen-bond donors (Lipinski definition) is 0. The Labute approximate surface area is 288 Å². The molecule has 1 saturated heterocycles. The molecule has 1 aliphatic heterocycles. The molecule has 1 aliphatic rings. The first kappa shape index (κ1) is 42.6. The molecule has 0 atom stereocenters. The van der Waals surface area contributed by atoms with Gasteiger partial charge in [-0.15, -0.1) is 0 Å². The van der Waals surface area contributed by atoms with Gasteiger partial charge in [0.25, 0.3) is 0 Å². The minimum Gasteiger partial charge on any atom is -0.301 e. The maximum atomic E-state index is 2.74. The second-order valence-electron chi connectivity index (χ2n) is 14.1. The van der Waals surface area contributed by atoms with E-state index in [4.69, 9.17) is 0 Å². The van der Waals surface area contributed by atoms with Gasteiger partial charge in [0.05, 0.1) is 0 Å². The van der Waals surface area contributed by atoms with Crippen LogP contribution >= 0.6 is 23.5 Å². The molecule has 1 heterocycles. The van der Waals surface area contributed by atoms with Crippen LogP contribution < -0.4 is 0 Å². The lowest BCUT2D eigenvalue weighted by Crippen LogP contribution is -2.46. The van der Waals surface area contributed by atoms with E-state index < -0.39 is 0 Å². The molecule has 0 radical (unpaired) electrons. The molecule has 0 spiro atoms. The van der Waals surface area contributed by atoms with Crippen molar-refractivity contribution in [2.75, 3.05) is 62.3 Å². The predicted octanol–water partition coefficient (Wildman–Crippen LogP) is 13.0. The Morgan fingerprint density at radius 2 is 0.523 bits per heavy atom. The molecule has 0 saturated carbocycles. The van der Waals surface area contributed by atoms with E-state index >= 15 is 0 Å². The van der Waals surface area contributed by atoms with Gasteiger partial charge in [-0.25, -0.2) is 0 Å². The monoisotopic (exact) mass is 655 g/mol. The zero-order valence-electron chi connectivity index (χ0n) is 30.6. The Morgan fingerprint density at radius 3 is 0.795 bits per heavy atom. The highest BCUT2D eigenvalue weighted by Gasteiger charge is 2.15. The number of nitrogens with zero attached hydrogens (tertiary/aromatic N) is 2. The highest BCUT2D eigenvalue weighted by molar-refractivity contribution is 7.99. The summed E-state index contributed by atoms with van der Waals surface area (Å²) in [6.45, 7) is 12.5. The number of hydrogen-bond acceptors (Lipinski definition) is 4. The van der Waals surface area contributed by atoms with Crippen LogP contribution in [0.3, 0.4) is 0 Å². The summed E-state index contributed by atoms with van der Waals surface area (Å²) in [6.07, 6.45) is 40.6. The van der Waals surface area contributed by atoms with Crippen molar-refractivity contribution < 1.29 is 0 Å². The summed E-state index contributed by atoms with van der Waals surface area (Å²) in [5.74, 6) is 5.60. The van der Waals surface area contributed by atoms with Gasteiger partial charge in [-0.1, -0.05) is 155 Å². The van der Waals surface area contributed by atoms with E-state index in [2.05, 4.69) is 47.2 Å². The maximum absolute atomic E-state index is 2.74. The fourth-order valence-corrected chi connectivity index (χ4v) is 8.65. The molecule has 44 heavy (non-hydrogen) atoms. The Hall–Kier alpha value is 0.620. The Morgan fingerprint density at radius 1 is 0.295 bits per heavy atom. The van der Waals surface area contributed by atoms with Crippen molar-refractivity contribution in [3.05, 3.63) is 0 Å². The molecular weight excluding hydrogens is 573 g/mol. The highest BCUT2D eigenvalue weighted by atomic mass is 32.2. The third-order valence-corrected chi connectivity index (χ3v) is 12.1. The Balaban J connectivity index is 1.72. The van der Waals surface area contributed by atoms with Crippen LogP contribution in [-0.2, 0) is 0 Å². The van der Waals surface area contributed by atoms with Gasteiger partial charge in [-0.05, 0) is 74.6 Å². The first-order valence-corrected chi connectivity index (χ1v) is 22.8. The summed E-state index contributed by atoms with van der Waals surface area (Å²) in [7, 11) is 0. The Bertz CT molecular complexity index is 478. The molecule has 1 fully saturated rings. The largest absolute Gasteiger partial charge is 0.301 e. The molecule has 0 amide bonds. The van der Waals surface area contributed by atoms with E-state index in [-0.39, 0.29) is 0 Å². The van der Waals surface area contributed by atoms with Gasteiger partial charge in [0, 0.05) is 26.2 Å². The van der Waals surface area contributed by atoms with E-state index in [1.165, 1.54) is 242 Å². The first-order chi connectivity index (χ1) is 21.9. The third kappa shape index (κ3) is 31.2. The Kier molecular flexibility index (Phi) is 35.3. The summed E-state index contributed by atoms with van der Waals surface area (Å²) in [4.78, 5) is 5.48. The van der Waals surface area contributed by atoms with Crippen LogP contribution in [0, 0.1) is 0 Å². The molecule has 0 aromatic carbocycles. The van der Waals surface area contributed by atoms with Crippen LogP contribution in [0.4, 0.5) is 0 Å². The summed E-state index contributed by atoms with van der Waals surface area (Å²) in [6, 6.07) is 0. The van der Waals surface area contributed by atoms with Gasteiger partial charge in [0.15, 0.2) is 0 Å². The van der Waals surface area contributed by atoms with Gasteiger partial charge in [0.2, 0.25) is 0 Å². The van der Waals surface area contributed by atoms with Gasteiger partial charge in [0.1, 0.15) is 0 Å². The molecule has 0 N–H and O–H groups in total. The summed E-state index contributed by atoms with van der Waals surface area (Å²) >= 11 is 4.44. The van der Waals surface area contributed by atoms with Crippen molar-refractivity contribution in [2.45, 2.75) is 194 Å². The van der Waals surface area contributed by atoms with Crippen LogP contribution in [0.2, 0.25) is 0 Å². The average molecular weight is 655 g/mol. The van der Waals surface area contributed by atoms with Crippen molar-refractivity contribution in [3.63, 3.8) is 0 Å². The van der Waals surface area contributed by atoms with Gasteiger partial charge in [-0.2, -0.15) is 23.5 Å². The van der Waals surface area contributed by atoms with Crippen LogP contribution in [-0.4, -0.2) is 72.1 Å². The van der Waals surface area contributed by atoms with E-state index in [0.717, 1.165) is 0 Å². The standard InChI is InChI=1S/C40H82N2S2/c1-3-5-7-9-11-13-15-17-21-27-37-43-39-29-23-19-25-31-41-33-35-42(36-34-41)32-26-20-24-30-40-44-38-28-22-18-16-14-12-10-8-6-4-2/h3-40H2,1-2H3. The molecule has 4 heteroatoms. The SMILES string of the molecule is CCCCCCCCCCCCSCCCCCCN1CCN(CCCCCCSCCCCCCCCCCCC)CC1. The van der Waals surface area contributed by atoms with Gasteiger partial charge in [-0.3, -0.25) is 0 Å². The van der Waals surface area contributed by atoms with Crippen LogP contribution in [0.25, 0.3) is 0 Å². The number of piperazine rings is 1.